The summed E-state index contributed by atoms with van der Waals surface area (Å²) in [4.78, 5) is 1.36. The topological polar surface area (TPSA) is 15.8 Å². The number of H-pyrrole nitrogens is 1. The average Bonchev–Trinajstić information content (AvgIpc) is 2.35. The molecule has 50 valence electrons. The molecule has 1 aromatic heterocycles. The summed E-state index contributed by atoms with van der Waals surface area (Å²) in [6, 6.07) is 7.75. The van der Waals surface area contributed by atoms with Gasteiger partial charge in [-0.25, -0.2) is 0 Å². The zero-order valence-electron chi connectivity index (χ0n) is 6.21. The average molecular weight is 198 g/mol. The Morgan fingerprint density at radius 3 is 3.10 bits per heavy atom. The lowest BCUT2D eigenvalue weighted by Crippen LogP contribution is -1.66. The first kappa shape index (κ1) is 4.97. The normalized spacial score (nSPS) is 11.9. The van der Waals surface area contributed by atoms with Gasteiger partial charge in [0.15, 0.2) is 1.41 Å². The van der Waals surface area contributed by atoms with E-state index in [4.69, 9.17) is 1.41 Å². The maximum Gasteiger partial charge on any atom is 0.166 e. The van der Waals surface area contributed by atoms with Crippen LogP contribution in [0.25, 0.3) is 10.9 Å². The van der Waals surface area contributed by atoms with Crippen LogP contribution in [0.2, 0.25) is 1.41 Å². The molecule has 2 aromatic rings. The fourth-order valence-electron chi connectivity index (χ4n) is 0.995. The molecule has 0 unspecified atom stereocenters. The van der Waals surface area contributed by atoms with Crippen molar-refractivity contribution in [2.45, 2.75) is 0 Å². The molecule has 0 saturated carbocycles. The highest BCUT2D eigenvalue weighted by Gasteiger charge is 1.95. The predicted molar refractivity (Wildman–Crippen MR) is 46.0 cm³/mol. The van der Waals surface area contributed by atoms with Gasteiger partial charge >= 0.3 is 0 Å². The van der Waals surface area contributed by atoms with E-state index < -0.39 is 0 Å². The molecule has 0 radical (unpaired) electrons. The monoisotopic (exact) mass is 197 g/mol. The summed E-state index contributed by atoms with van der Waals surface area (Å²) in [5.74, 6) is 0. The van der Waals surface area contributed by atoms with Crippen LogP contribution in [-0.4, -0.2) is 4.98 Å². The summed E-state index contributed by atoms with van der Waals surface area (Å²) in [7, 11) is 0. The molecule has 0 atom stereocenters. The Morgan fingerprint density at radius 2 is 2.30 bits per heavy atom. The zero-order chi connectivity index (χ0) is 7.84. The van der Waals surface area contributed by atoms with Crippen LogP contribution in [-0.2, 0) is 0 Å². The molecule has 10 heavy (non-hydrogen) atoms. The van der Waals surface area contributed by atoms with Gasteiger partial charge in [0.2, 0.25) is 0 Å². The molecule has 0 amide bonds. The fraction of sp³-hybridized carbons (Fsp3) is 0. The number of benzene rings is 1. The molecule has 0 saturated heterocycles. The second kappa shape index (κ2) is 2.13. The third-order valence-corrected chi connectivity index (χ3v) is 2.18. The maximum atomic E-state index is 7.44. The largest absolute Gasteiger partial charge is 0.361 e. The maximum absolute atomic E-state index is 7.44. The number of nitrogens with one attached hydrogen (secondary N) is 1. The molecule has 1 aromatic carbocycles. The van der Waals surface area contributed by atoms with Crippen LogP contribution >= 0.6 is 15.9 Å². The third kappa shape index (κ3) is 0.762. The van der Waals surface area contributed by atoms with Gasteiger partial charge in [-0.05, 0) is 18.2 Å². The Kier molecular flexibility index (Phi) is 1.06. The van der Waals surface area contributed by atoms with Crippen molar-refractivity contribution in [2.75, 3.05) is 0 Å². The quantitative estimate of drug-likeness (QED) is 0.669. The van der Waals surface area contributed by atoms with Crippen molar-refractivity contribution >= 4 is 26.8 Å². The first-order chi connectivity index (χ1) is 5.29. The van der Waals surface area contributed by atoms with E-state index in [1.807, 2.05) is 24.3 Å². The molecule has 2 rings (SSSR count). The summed E-state index contributed by atoms with van der Waals surface area (Å²) in [5, 5.41) is 1.09. The summed E-state index contributed by atoms with van der Waals surface area (Å²) < 4.78 is 8.48. The Morgan fingerprint density at radius 1 is 1.40 bits per heavy atom. The van der Waals surface area contributed by atoms with Crippen molar-refractivity contribution in [2.24, 2.45) is 0 Å². The van der Waals surface area contributed by atoms with E-state index in [2.05, 4.69) is 15.9 Å². The lowest BCUT2D eigenvalue weighted by molar-refractivity contribution is 1.48. The standard InChI is InChI=1S/C8H6BrN/c9-7-2-1-3-8-6(7)4-5-10-8/h1-5,10H/i/hT. The molecule has 0 aliphatic heterocycles. The smallest absolute Gasteiger partial charge is 0.166 e. The van der Waals surface area contributed by atoms with Gasteiger partial charge in [-0.15, -0.1) is 0 Å². The summed E-state index contributed by atoms with van der Waals surface area (Å²) in [6.45, 7) is 0. The number of rotatable bonds is 0. The number of hydrogen-bond acceptors (Lipinski definition) is 0. The van der Waals surface area contributed by atoms with Crippen molar-refractivity contribution in [1.82, 2.24) is 4.98 Å². The highest BCUT2D eigenvalue weighted by Crippen LogP contribution is 2.21. The molecule has 1 heterocycles. The van der Waals surface area contributed by atoms with Crippen molar-refractivity contribution in [3.05, 3.63) is 34.9 Å². The van der Waals surface area contributed by atoms with Gasteiger partial charge in [0, 0.05) is 21.6 Å². The van der Waals surface area contributed by atoms with Crippen molar-refractivity contribution in [3.63, 3.8) is 0 Å². The van der Waals surface area contributed by atoms with Crippen molar-refractivity contribution in [1.29, 1.82) is 0 Å². The van der Waals surface area contributed by atoms with Gasteiger partial charge in [0.25, 0.3) is 0 Å². The first-order valence-electron chi connectivity index (χ1n) is 3.48. The van der Waals surface area contributed by atoms with E-state index >= 15 is 0 Å². The summed E-state index contributed by atoms with van der Waals surface area (Å²) in [6.07, 6.45) is 1.73. The summed E-state index contributed by atoms with van der Waals surface area (Å²) in [5.41, 5.74) is 0.930. The van der Waals surface area contributed by atoms with Crippen LogP contribution in [0, 0.1) is 0 Å². The molecule has 0 bridgehead atoms. The minimum absolute atomic E-state index is 0.930. The van der Waals surface area contributed by atoms with Gasteiger partial charge in [0.05, 0.1) is 0 Å². The Bertz CT molecular complexity index is 394. The van der Waals surface area contributed by atoms with E-state index in [0.717, 1.165) is 15.4 Å². The molecule has 2 heteroatoms. The zero-order valence-corrected chi connectivity index (χ0v) is 6.80. The third-order valence-electron chi connectivity index (χ3n) is 1.48. The molecule has 0 aliphatic carbocycles. The van der Waals surface area contributed by atoms with Gasteiger partial charge in [0.1, 0.15) is 0 Å². The molecular weight excluding hydrogens is 190 g/mol. The van der Waals surface area contributed by atoms with Crippen LogP contribution < -0.4 is 0 Å². The molecule has 0 aliphatic rings. The molecule has 1 nitrogen and oxygen atoms in total. The van der Waals surface area contributed by atoms with Gasteiger partial charge < -0.3 is 4.98 Å². The number of aromatic amines is 1. The SMILES string of the molecule is [3H]n1ccc2c(Br)cccc21. The van der Waals surface area contributed by atoms with Crippen LogP contribution in [0.3, 0.4) is 0 Å². The lowest BCUT2D eigenvalue weighted by atomic mass is 10.3. The van der Waals surface area contributed by atoms with Gasteiger partial charge in [-0.3, -0.25) is 0 Å². The summed E-state index contributed by atoms with van der Waals surface area (Å²) >= 11 is 3.41. The fourth-order valence-corrected chi connectivity index (χ4v) is 1.48. The predicted octanol–water partition coefficient (Wildman–Crippen LogP) is 2.93. The Hall–Kier alpha value is -0.760. The number of hydrogen-bond donors (Lipinski definition) is 1. The van der Waals surface area contributed by atoms with E-state index in [1.165, 1.54) is 4.98 Å². The highest BCUT2D eigenvalue weighted by molar-refractivity contribution is 9.10. The van der Waals surface area contributed by atoms with E-state index in [0.29, 0.717) is 0 Å². The van der Waals surface area contributed by atoms with Gasteiger partial charge in [-0.1, -0.05) is 22.0 Å². The molecular formula is C8H6BrN. The Balaban J connectivity index is 2.94. The molecule has 0 spiro atoms. The van der Waals surface area contributed by atoms with E-state index in [9.17, 15) is 0 Å². The Labute approximate surface area is 68.7 Å². The first-order valence-corrected chi connectivity index (χ1v) is 3.83. The number of aromatic nitrogens is 1. The second-order valence-electron chi connectivity index (χ2n) is 2.12. The minimum Gasteiger partial charge on any atom is -0.361 e. The van der Waals surface area contributed by atoms with E-state index in [1.54, 1.807) is 6.20 Å². The lowest BCUT2D eigenvalue weighted by Gasteiger charge is -1.90. The van der Waals surface area contributed by atoms with E-state index in [-0.39, 0.29) is 0 Å². The van der Waals surface area contributed by atoms with Crippen LogP contribution in [0.4, 0.5) is 0 Å². The van der Waals surface area contributed by atoms with Crippen LogP contribution in [0.15, 0.2) is 34.9 Å². The highest BCUT2D eigenvalue weighted by atomic mass is 79.9. The molecule has 0 fully saturated rings. The minimum atomic E-state index is 0.930. The van der Waals surface area contributed by atoms with Gasteiger partial charge in [-0.2, -0.15) is 0 Å². The van der Waals surface area contributed by atoms with Crippen LogP contribution in [0.5, 0.6) is 0 Å². The second-order valence-corrected chi connectivity index (χ2v) is 2.97. The number of fused-ring (bicyclic) bond motifs is 1. The number of halogens is 1. The van der Waals surface area contributed by atoms with Crippen molar-refractivity contribution < 1.29 is 1.41 Å². The van der Waals surface area contributed by atoms with Crippen LogP contribution in [0.1, 0.15) is 0 Å². The van der Waals surface area contributed by atoms with Crippen molar-refractivity contribution in [3.8, 4) is 0 Å². The molecule has 1 N–H and O–H groups in total.